The van der Waals surface area contributed by atoms with Gasteiger partial charge in [0.15, 0.2) is 0 Å². The Morgan fingerprint density at radius 1 is 0.316 bits per heavy atom. The minimum atomic E-state index is 0.869. The van der Waals surface area contributed by atoms with Crippen LogP contribution in [0.25, 0.3) is 111 Å². The summed E-state index contributed by atoms with van der Waals surface area (Å²) in [4.78, 5) is 5.50. The molecule has 8 aromatic carbocycles. The molecule has 4 aromatic heterocycles. The second-order valence-corrected chi connectivity index (χ2v) is 14.8. The lowest BCUT2D eigenvalue weighted by Gasteiger charge is -2.13. The van der Waals surface area contributed by atoms with E-state index in [9.17, 15) is 0 Å². The normalized spacial score (nSPS) is 11.9. The van der Waals surface area contributed by atoms with Crippen LogP contribution in [-0.2, 0) is 0 Å². The molecule has 0 fully saturated rings. The molecule has 266 valence electrons. The summed E-state index contributed by atoms with van der Waals surface area (Å²) >= 11 is 0. The van der Waals surface area contributed by atoms with Crippen molar-refractivity contribution in [3.63, 3.8) is 0 Å². The number of furan rings is 1. The molecule has 12 aromatic rings. The van der Waals surface area contributed by atoms with Gasteiger partial charge in [0, 0.05) is 43.6 Å². The number of hydrogen-bond acceptors (Lipinski definition) is 2. The first kappa shape index (κ1) is 31.6. The first-order chi connectivity index (χ1) is 28.2. The fourth-order valence-electron chi connectivity index (χ4n) is 8.87. The minimum Gasteiger partial charge on any atom is -0.456 e. The van der Waals surface area contributed by atoms with Crippen molar-refractivity contribution in [1.82, 2.24) is 14.1 Å². The zero-order valence-corrected chi connectivity index (χ0v) is 30.8. The monoisotopic (exact) mass is 727 g/mol. The highest BCUT2D eigenvalue weighted by Gasteiger charge is 2.20. The van der Waals surface area contributed by atoms with Crippen molar-refractivity contribution in [1.29, 1.82) is 0 Å². The van der Waals surface area contributed by atoms with Gasteiger partial charge < -0.3 is 8.98 Å². The molecule has 0 N–H and O–H groups in total. The first-order valence-corrected chi connectivity index (χ1v) is 19.4. The van der Waals surface area contributed by atoms with Gasteiger partial charge in [-0.3, -0.25) is 4.57 Å². The highest BCUT2D eigenvalue weighted by atomic mass is 16.3. The summed E-state index contributed by atoms with van der Waals surface area (Å²) in [5, 5.41) is 6.96. The maximum absolute atomic E-state index is 6.21. The van der Waals surface area contributed by atoms with Gasteiger partial charge in [-0.25, -0.2) is 4.98 Å². The average Bonchev–Trinajstić information content (AvgIpc) is 3.93. The summed E-state index contributed by atoms with van der Waals surface area (Å²) in [5.74, 6) is 0.869. The van der Waals surface area contributed by atoms with Crippen LogP contribution in [0.1, 0.15) is 0 Å². The molecule has 0 bridgehead atoms. The Bertz CT molecular complexity index is 3520. The summed E-state index contributed by atoms with van der Waals surface area (Å²) < 4.78 is 11.0. The molecule has 0 saturated carbocycles. The Hall–Kier alpha value is -7.69. The van der Waals surface area contributed by atoms with Crippen LogP contribution in [0.3, 0.4) is 0 Å². The van der Waals surface area contributed by atoms with E-state index in [1.54, 1.807) is 0 Å². The number of para-hydroxylation sites is 3. The van der Waals surface area contributed by atoms with E-state index >= 15 is 0 Å². The van der Waals surface area contributed by atoms with Gasteiger partial charge in [-0.2, -0.15) is 0 Å². The van der Waals surface area contributed by atoms with Crippen LogP contribution in [0.4, 0.5) is 0 Å². The highest BCUT2D eigenvalue weighted by molar-refractivity contribution is 6.19. The molecule has 0 saturated heterocycles. The largest absolute Gasteiger partial charge is 0.456 e. The minimum absolute atomic E-state index is 0.869. The van der Waals surface area contributed by atoms with Crippen molar-refractivity contribution in [2.24, 2.45) is 0 Å². The van der Waals surface area contributed by atoms with Crippen molar-refractivity contribution in [2.75, 3.05) is 0 Å². The first-order valence-electron chi connectivity index (χ1n) is 19.4. The molecule has 57 heavy (non-hydrogen) atoms. The molecule has 0 spiro atoms. The zero-order chi connectivity index (χ0) is 37.5. The van der Waals surface area contributed by atoms with Crippen LogP contribution in [0.2, 0.25) is 0 Å². The lowest BCUT2D eigenvalue weighted by Crippen LogP contribution is -2.00. The van der Waals surface area contributed by atoms with Crippen molar-refractivity contribution < 1.29 is 4.42 Å². The van der Waals surface area contributed by atoms with Gasteiger partial charge in [0.1, 0.15) is 17.0 Å². The van der Waals surface area contributed by atoms with Gasteiger partial charge in [-0.1, -0.05) is 127 Å². The molecular weight excluding hydrogens is 695 g/mol. The van der Waals surface area contributed by atoms with Crippen molar-refractivity contribution >= 4 is 65.6 Å². The second-order valence-electron chi connectivity index (χ2n) is 14.8. The van der Waals surface area contributed by atoms with Crippen molar-refractivity contribution in [3.05, 3.63) is 200 Å². The van der Waals surface area contributed by atoms with Gasteiger partial charge in [-0.15, -0.1) is 0 Å². The van der Waals surface area contributed by atoms with E-state index in [0.29, 0.717) is 0 Å². The third-order valence-corrected chi connectivity index (χ3v) is 11.5. The number of rotatable bonds is 5. The Kier molecular flexibility index (Phi) is 6.89. The molecule has 0 aliphatic rings. The predicted octanol–water partition coefficient (Wildman–Crippen LogP) is 14.2. The van der Waals surface area contributed by atoms with E-state index in [1.165, 1.54) is 43.7 Å². The topological polar surface area (TPSA) is 35.9 Å². The number of hydrogen-bond donors (Lipinski definition) is 0. The standard InChI is InChI=1S/C53H33N3O/c1-3-14-34(15-4-1)36-18-13-19-39(28-36)55-47-23-10-7-20-40(47)43-33-50-44(32-49(43)55)41-21-8-11-24-48(41)56(50)53-31-38(35-16-5-2-6-17-35)30-46(54-53)37-26-27-52-45(29-37)42-22-9-12-25-51(42)57-52/h1-33H. The molecule has 12 rings (SSSR count). The fraction of sp³-hybridized carbons (Fsp3) is 0. The van der Waals surface area contributed by atoms with E-state index < -0.39 is 0 Å². The number of aromatic nitrogens is 3. The van der Waals surface area contributed by atoms with Crippen LogP contribution < -0.4 is 0 Å². The predicted molar refractivity (Wildman–Crippen MR) is 237 cm³/mol. The Morgan fingerprint density at radius 2 is 0.895 bits per heavy atom. The Labute approximate surface area is 328 Å². The number of benzene rings is 8. The van der Waals surface area contributed by atoms with E-state index in [-0.39, 0.29) is 0 Å². The molecule has 4 nitrogen and oxygen atoms in total. The van der Waals surface area contributed by atoms with Gasteiger partial charge in [0.2, 0.25) is 0 Å². The maximum atomic E-state index is 6.21. The summed E-state index contributed by atoms with van der Waals surface area (Å²) in [5.41, 5.74) is 14.1. The molecule has 0 atom stereocenters. The Morgan fingerprint density at radius 3 is 1.63 bits per heavy atom. The highest BCUT2D eigenvalue weighted by Crippen LogP contribution is 2.41. The second kappa shape index (κ2) is 12.4. The molecule has 0 aliphatic heterocycles. The van der Waals surface area contributed by atoms with E-state index in [0.717, 1.165) is 66.9 Å². The van der Waals surface area contributed by atoms with Gasteiger partial charge in [-0.05, 0) is 95.1 Å². The summed E-state index contributed by atoms with van der Waals surface area (Å²) in [6.07, 6.45) is 0. The van der Waals surface area contributed by atoms with Crippen molar-refractivity contribution in [3.8, 4) is 45.0 Å². The van der Waals surface area contributed by atoms with Crippen LogP contribution in [0, 0.1) is 0 Å². The molecule has 4 heteroatoms. The molecule has 4 heterocycles. The summed E-state index contributed by atoms with van der Waals surface area (Å²) in [6.45, 7) is 0. The van der Waals surface area contributed by atoms with E-state index in [1.807, 2.05) is 12.1 Å². The molecule has 0 aliphatic carbocycles. The van der Waals surface area contributed by atoms with Gasteiger partial charge >= 0.3 is 0 Å². The van der Waals surface area contributed by atoms with Crippen LogP contribution in [0.5, 0.6) is 0 Å². The summed E-state index contributed by atoms with van der Waals surface area (Å²) in [7, 11) is 0. The number of fused-ring (bicyclic) bond motifs is 9. The lowest BCUT2D eigenvalue weighted by atomic mass is 10.0. The SMILES string of the molecule is c1ccc(-c2cccc(-n3c4ccccc4c4cc5c(cc43)c3ccccc3n5-c3cc(-c4ccccc4)cc(-c4ccc5oc6ccccc6c5c4)n3)c2)cc1. The third-order valence-electron chi connectivity index (χ3n) is 11.5. The lowest BCUT2D eigenvalue weighted by molar-refractivity contribution is 0.669. The zero-order valence-electron chi connectivity index (χ0n) is 30.8. The molecule has 0 unspecified atom stereocenters. The van der Waals surface area contributed by atoms with Crippen molar-refractivity contribution in [2.45, 2.75) is 0 Å². The molecular formula is C53H33N3O. The number of nitrogens with zero attached hydrogens (tertiary/aromatic N) is 3. The van der Waals surface area contributed by atoms with Gasteiger partial charge in [0.25, 0.3) is 0 Å². The van der Waals surface area contributed by atoms with Crippen LogP contribution in [0.15, 0.2) is 205 Å². The maximum Gasteiger partial charge on any atom is 0.138 e. The summed E-state index contributed by atoms with van der Waals surface area (Å²) in [6, 6.07) is 71.5. The van der Waals surface area contributed by atoms with E-state index in [2.05, 4.69) is 197 Å². The van der Waals surface area contributed by atoms with Crippen LogP contribution >= 0.6 is 0 Å². The smallest absolute Gasteiger partial charge is 0.138 e. The quantitative estimate of drug-likeness (QED) is 0.177. The number of pyridine rings is 1. The molecule has 0 radical (unpaired) electrons. The molecule has 0 amide bonds. The Balaban J connectivity index is 1.13. The van der Waals surface area contributed by atoms with E-state index in [4.69, 9.17) is 9.40 Å². The van der Waals surface area contributed by atoms with Gasteiger partial charge in [0.05, 0.1) is 27.8 Å². The van der Waals surface area contributed by atoms with Crippen LogP contribution in [-0.4, -0.2) is 14.1 Å². The third kappa shape index (κ3) is 4.98. The fourth-order valence-corrected chi connectivity index (χ4v) is 8.87. The average molecular weight is 728 g/mol.